The fourth-order valence-electron chi connectivity index (χ4n) is 7.30. The van der Waals surface area contributed by atoms with Crippen molar-refractivity contribution in [3.63, 3.8) is 0 Å². The van der Waals surface area contributed by atoms with Crippen LogP contribution in [-0.4, -0.2) is 141 Å². The van der Waals surface area contributed by atoms with Crippen molar-refractivity contribution in [1.29, 1.82) is 5.41 Å². The molecule has 1 saturated carbocycles. The Morgan fingerprint density at radius 3 is 2.58 bits per heavy atom. The molecule has 3 aliphatic rings. The van der Waals surface area contributed by atoms with Crippen molar-refractivity contribution in [3.8, 4) is 5.75 Å². The van der Waals surface area contributed by atoms with E-state index in [9.17, 15) is 24.6 Å². The summed E-state index contributed by atoms with van der Waals surface area (Å²) in [5.41, 5.74) is 3.60. The molecule has 2 aliphatic heterocycles. The van der Waals surface area contributed by atoms with Gasteiger partial charge in [0.1, 0.15) is 17.7 Å². The molecule has 14 heteroatoms. The van der Waals surface area contributed by atoms with E-state index in [1.165, 1.54) is 36.1 Å². The van der Waals surface area contributed by atoms with Gasteiger partial charge in [-0.3, -0.25) is 24.7 Å². The van der Waals surface area contributed by atoms with E-state index in [2.05, 4.69) is 45.1 Å². The van der Waals surface area contributed by atoms with E-state index in [0.717, 1.165) is 51.4 Å². The molecule has 1 unspecified atom stereocenters. The van der Waals surface area contributed by atoms with Crippen molar-refractivity contribution < 1.29 is 34.1 Å². The van der Waals surface area contributed by atoms with Crippen LogP contribution in [0.4, 0.5) is 5.69 Å². The number of piperidine rings is 1. The van der Waals surface area contributed by atoms with Crippen LogP contribution in [0.1, 0.15) is 60.5 Å². The number of ether oxygens (including phenoxy) is 2. The van der Waals surface area contributed by atoms with Gasteiger partial charge < -0.3 is 45.4 Å². The summed E-state index contributed by atoms with van der Waals surface area (Å²) in [6.45, 7) is 7.10. The van der Waals surface area contributed by atoms with Crippen LogP contribution >= 0.6 is 0 Å². The number of phenolic OH excluding ortho intramolecular Hbond substituents is 1. The van der Waals surface area contributed by atoms with Gasteiger partial charge in [-0.25, -0.2) is 0 Å². The van der Waals surface area contributed by atoms with Crippen LogP contribution in [-0.2, 0) is 36.8 Å². The molecule has 2 saturated heterocycles. The minimum Gasteiger partial charge on any atom is -0.506 e. The largest absolute Gasteiger partial charge is 0.506 e. The number of rotatable bonds is 22. The highest BCUT2D eigenvalue weighted by molar-refractivity contribution is 6.41. The van der Waals surface area contributed by atoms with E-state index in [1.807, 2.05) is 0 Å². The minimum absolute atomic E-state index is 0.0103. The zero-order valence-corrected chi connectivity index (χ0v) is 33.5. The van der Waals surface area contributed by atoms with Crippen molar-refractivity contribution in [2.75, 3.05) is 91.6 Å². The smallest absolute Gasteiger partial charge is 0.271 e. The molecule has 2 heterocycles. The molecule has 0 aromatic heterocycles. The summed E-state index contributed by atoms with van der Waals surface area (Å²) in [4.78, 5) is 42.4. The number of allylic oxidation sites excluding steroid dienone is 1. The van der Waals surface area contributed by atoms with Gasteiger partial charge in [-0.15, -0.1) is 0 Å². The third-order valence-corrected chi connectivity index (χ3v) is 11.0. The maximum atomic E-state index is 13.0. The van der Waals surface area contributed by atoms with Crippen LogP contribution in [0, 0.1) is 11.3 Å². The fourth-order valence-corrected chi connectivity index (χ4v) is 7.30. The average Bonchev–Trinajstić information content (AvgIpc) is 4.06. The third kappa shape index (κ3) is 13.2. The predicted octanol–water partition coefficient (Wildman–Crippen LogP) is 3.10. The van der Waals surface area contributed by atoms with Crippen LogP contribution in [0.3, 0.4) is 0 Å². The maximum absolute atomic E-state index is 13.0. The van der Waals surface area contributed by atoms with E-state index >= 15 is 0 Å². The van der Waals surface area contributed by atoms with Crippen LogP contribution in [0.2, 0.25) is 0 Å². The van der Waals surface area contributed by atoms with Gasteiger partial charge in [0.15, 0.2) is 0 Å². The monoisotopic (exact) mass is 787 g/mol. The summed E-state index contributed by atoms with van der Waals surface area (Å²) in [7, 11) is 3.40. The molecule has 310 valence electrons. The lowest BCUT2D eigenvalue weighted by atomic mass is 9.89. The molecule has 1 aliphatic carbocycles. The van der Waals surface area contributed by atoms with Gasteiger partial charge in [0, 0.05) is 72.0 Å². The lowest BCUT2D eigenvalue weighted by Crippen LogP contribution is -2.58. The van der Waals surface area contributed by atoms with E-state index in [4.69, 9.17) is 14.9 Å². The molecule has 6 N–H and O–H groups in total. The number of aliphatic hydroxyl groups excluding tert-OH is 1. The Morgan fingerprint density at radius 2 is 1.86 bits per heavy atom. The highest BCUT2D eigenvalue weighted by atomic mass is 16.5. The third-order valence-electron chi connectivity index (χ3n) is 11.0. The molecular weight excluding hydrogens is 727 g/mol. The molecule has 2 aromatic rings. The number of likely N-dealkylation sites (tertiary alicyclic amines) is 1. The van der Waals surface area contributed by atoms with Crippen molar-refractivity contribution in [2.24, 2.45) is 5.92 Å². The number of aliphatic hydroxyl groups is 1. The number of aromatic hydroxyl groups is 1. The molecule has 0 bridgehead atoms. The number of hydrogen-bond acceptors (Lipinski definition) is 12. The molecule has 2 amide bonds. The van der Waals surface area contributed by atoms with Crippen molar-refractivity contribution in [3.05, 3.63) is 77.0 Å². The number of morpholine rings is 1. The van der Waals surface area contributed by atoms with Crippen LogP contribution in [0.5, 0.6) is 5.75 Å². The average molecular weight is 788 g/mol. The quantitative estimate of drug-likeness (QED) is 0.0340. The number of benzene rings is 2. The highest BCUT2D eigenvalue weighted by Crippen LogP contribution is 2.34. The lowest BCUT2D eigenvalue weighted by molar-refractivity contribution is -0.154. The molecular formula is C43H61N7O7. The number of carbonyl (C=O) groups is 3. The second-order valence-corrected chi connectivity index (χ2v) is 15.3. The van der Waals surface area contributed by atoms with E-state index < -0.39 is 6.10 Å². The van der Waals surface area contributed by atoms with Gasteiger partial charge in [-0.2, -0.15) is 0 Å². The summed E-state index contributed by atoms with van der Waals surface area (Å²) in [5, 5.41) is 38.5. The summed E-state index contributed by atoms with van der Waals surface area (Å²) in [6.07, 6.45) is 11.2. The van der Waals surface area contributed by atoms with Gasteiger partial charge in [-0.05, 0) is 85.2 Å². The Kier molecular flexibility index (Phi) is 16.6. The first kappa shape index (κ1) is 43.5. The minimum atomic E-state index is -0.892. The summed E-state index contributed by atoms with van der Waals surface area (Å²) in [6, 6.07) is 11.7. The zero-order chi connectivity index (χ0) is 40.6. The van der Waals surface area contributed by atoms with E-state index in [0.29, 0.717) is 69.1 Å². The Balaban J connectivity index is 0.929. The molecule has 57 heavy (non-hydrogen) atoms. The Morgan fingerprint density at radius 1 is 1.11 bits per heavy atom. The first-order valence-corrected chi connectivity index (χ1v) is 20.2. The molecule has 14 nitrogen and oxygen atoms in total. The zero-order valence-electron chi connectivity index (χ0n) is 33.5. The summed E-state index contributed by atoms with van der Waals surface area (Å²) in [5.74, 6) is 0.499. The summed E-state index contributed by atoms with van der Waals surface area (Å²) < 4.78 is 12.1. The van der Waals surface area contributed by atoms with Crippen molar-refractivity contribution in [2.45, 2.75) is 56.8 Å². The van der Waals surface area contributed by atoms with Gasteiger partial charge in [0.25, 0.3) is 5.91 Å². The summed E-state index contributed by atoms with van der Waals surface area (Å²) >= 11 is 0. The van der Waals surface area contributed by atoms with Gasteiger partial charge in [-0.1, -0.05) is 30.3 Å². The first-order valence-electron chi connectivity index (χ1n) is 20.2. The van der Waals surface area contributed by atoms with Gasteiger partial charge >= 0.3 is 0 Å². The van der Waals surface area contributed by atoms with Crippen molar-refractivity contribution >= 4 is 35.6 Å². The fraction of sp³-hybridized carbons (Fsp3) is 0.535. The lowest BCUT2D eigenvalue weighted by Gasteiger charge is -2.47. The second-order valence-electron chi connectivity index (χ2n) is 15.3. The van der Waals surface area contributed by atoms with E-state index in [1.54, 1.807) is 48.3 Å². The SMILES string of the molecule is CNc1c(O)ccc(C(O)CNCCN(C)C(=O)CCOCCc2ccc(CN3CCC4(CC3)CN(C(=O)C(=N)/C=C\NCC3CC3)CCO4)cc2)c1/C=C\C=O. The number of phenols is 1. The Bertz CT molecular complexity index is 1700. The molecule has 3 fully saturated rings. The maximum Gasteiger partial charge on any atom is 0.271 e. The number of likely N-dealkylation sites (N-methyl/N-ethyl adjacent to an activating group) is 1. The number of amides is 2. The number of aldehydes is 1. The molecule has 5 rings (SSSR count). The molecule has 1 atom stereocenters. The number of nitrogens with one attached hydrogen (secondary N) is 4. The second kappa shape index (κ2) is 21.8. The van der Waals surface area contributed by atoms with Crippen molar-refractivity contribution in [1.82, 2.24) is 25.3 Å². The Hall–Kier alpha value is -4.60. The number of carbonyl (C=O) groups excluding carboxylic acids is 3. The van der Waals surface area contributed by atoms with Crippen LogP contribution in [0.15, 0.2) is 54.8 Å². The van der Waals surface area contributed by atoms with E-state index in [-0.39, 0.29) is 41.8 Å². The molecule has 1 spiro atoms. The van der Waals surface area contributed by atoms with Gasteiger partial charge in [0.2, 0.25) is 5.91 Å². The van der Waals surface area contributed by atoms with Crippen LogP contribution in [0.25, 0.3) is 6.08 Å². The number of nitrogens with zero attached hydrogens (tertiary/aromatic N) is 3. The first-order chi connectivity index (χ1) is 27.6. The standard InChI is InChI=1S/C43H61N7O7/c1-45-41-36(4-3-24-51)35(11-12-38(41)52)39(53)29-47-19-22-48(2)40(54)15-26-56-25-14-32-5-9-34(10-6-32)30-49-20-16-43(17-21-49)31-50(23-27-57-43)42(55)37(44)13-18-46-28-33-7-8-33/h3-6,9-13,18,24,33,39,44-47,52-53H,7-8,14-17,19-23,25-31H2,1-2H3/b4-3-,18-13-,44-37?. The predicted molar refractivity (Wildman–Crippen MR) is 221 cm³/mol. The topological polar surface area (TPSA) is 180 Å². The number of hydrogen-bond donors (Lipinski definition) is 6. The molecule has 0 radical (unpaired) electrons. The number of anilines is 1. The molecule has 2 aromatic carbocycles. The highest BCUT2D eigenvalue weighted by Gasteiger charge is 2.41. The van der Waals surface area contributed by atoms with Crippen LogP contribution < -0.4 is 16.0 Å². The Labute approximate surface area is 336 Å². The normalized spacial score (nSPS) is 17.6. The van der Waals surface area contributed by atoms with Gasteiger partial charge in [0.05, 0.1) is 50.2 Å².